The van der Waals surface area contributed by atoms with Crippen LogP contribution in [0, 0.1) is 0 Å². The monoisotopic (exact) mass is 439 g/mol. The molecule has 3 aromatic rings. The minimum absolute atomic E-state index is 0.346. The van der Waals surface area contributed by atoms with Crippen LogP contribution in [0.3, 0.4) is 0 Å². The van der Waals surface area contributed by atoms with E-state index in [9.17, 15) is 0 Å². The molecule has 1 radical (unpaired) electrons. The molecule has 0 aromatic heterocycles. The smallest absolute Gasteiger partial charge is 0.147 e. The molecule has 3 rings (SSSR count). The lowest BCUT2D eigenvalue weighted by Gasteiger charge is -2.44. The first-order valence-electron chi connectivity index (χ1n) is 8.20. The first kappa shape index (κ1) is 20.1. The maximum atomic E-state index is 6.50. The van der Waals surface area contributed by atoms with Gasteiger partial charge in [-0.15, -0.1) is 46.4 Å². The number of alkyl halides is 4. The molecule has 0 unspecified atom stereocenters. The van der Waals surface area contributed by atoms with E-state index in [1.165, 1.54) is 0 Å². The van der Waals surface area contributed by atoms with Gasteiger partial charge in [0.2, 0.25) is 0 Å². The van der Waals surface area contributed by atoms with Crippen LogP contribution >= 0.6 is 53.5 Å². The molecule has 0 heterocycles. The first-order valence-corrected chi connectivity index (χ1v) is 11.8. The summed E-state index contributed by atoms with van der Waals surface area (Å²) in [5.74, 6) is 0. The van der Waals surface area contributed by atoms with E-state index in [1.54, 1.807) is 0 Å². The van der Waals surface area contributed by atoms with Gasteiger partial charge in [0.25, 0.3) is 0 Å². The van der Waals surface area contributed by atoms with Crippen molar-refractivity contribution in [2.45, 2.75) is 9.47 Å². The molecule has 0 saturated carbocycles. The standard InChI is InChI=1S/C20H17BCl4P/c22-19(23)21(20(24)25)26(16-10-4-1-5-11-16,17-12-6-2-7-13-17)18-14-8-3-9-15-18/h1-15,19-20H. The second kappa shape index (κ2) is 9.00. The van der Waals surface area contributed by atoms with Crippen molar-refractivity contribution in [1.82, 2.24) is 0 Å². The van der Waals surface area contributed by atoms with Crippen molar-refractivity contribution < 1.29 is 0 Å². The minimum atomic E-state index is -2.30. The molecule has 0 nitrogen and oxygen atoms in total. The Bertz CT molecular complexity index is 708. The molecule has 0 N–H and O–H groups in total. The van der Waals surface area contributed by atoms with E-state index in [1.807, 2.05) is 54.6 Å². The SMILES string of the molecule is ClC(Cl)[B-](C(Cl)Cl)[P+](c1ccccc1)(c1ccccc1)c1ccccc1. The summed E-state index contributed by atoms with van der Waals surface area (Å²) in [5, 5.41) is 3.46. The number of benzene rings is 3. The zero-order valence-corrected chi connectivity index (χ0v) is 17.8. The largest absolute Gasteiger partial charge is 0.163 e. The van der Waals surface area contributed by atoms with Crippen molar-refractivity contribution in [2.75, 3.05) is 0 Å². The Hall–Kier alpha value is -0.685. The number of hydrogen-bond donors (Lipinski definition) is 0. The van der Waals surface area contributed by atoms with Crippen LogP contribution in [0.2, 0.25) is 0 Å². The molecule has 133 valence electrons. The summed E-state index contributed by atoms with van der Waals surface area (Å²) in [6.07, 6.45) is -0.346. The van der Waals surface area contributed by atoms with Gasteiger partial charge in [0.1, 0.15) is 0 Å². The summed E-state index contributed by atoms with van der Waals surface area (Å²) in [5.41, 5.74) is 0. The lowest BCUT2D eigenvalue weighted by Crippen LogP contribution is -2.48. The number of halogens is 4. The highest BCUT2D eigenvalue weighted by atomic mass is 35.5. The van der Waals surface area contributed by atoms with E-state index in [-0.39, 0.29) is 6.43 Å². The van der Waals surface area contributed by atoms with Gasteiger partial charge >= 0.3 is 0 Å². The van der Waals surface area contributed by atoms with Gasteiger partial charge in [-0.3, -0.25) is 0 Å². The fourth-order valence-electron chi connectivity index (χ4n) is 3.40. The zero-order valence-electron chi connectivity index (χ0n) is 13.9. The van der Waals surface area contributed by atoms with E-state index in [2.05, 4.69) is 36.4 Å². The third-order valence-electron chi connectivity index (χ3n) is 4.45. The molecule has 0 aliphatic heterocycles. The van der Waals surface area contributed by atoms with Crippen LogP contribution < -0.4 is 15.9 Å². The van der Waals surface area contributed by atoms with Crippen LogP contribution in [0.5, 0.6) is 0 Å². The van der Waals surface area contributed by atoms with Gasteiger partial charge in [-0.25, -0.2) is 0 Å². The summed E-state index contributed by atoms with van der Waals surface area (Å²) < 4.78 is -1.44. The lowest BCUT2D eigenvalue weighted by molar-refractivity contribution is 1.68. The Balaban J connectivity index is 2.43. The van der Waals surface area contributed by atoms with E-state index < -0.39 is 16.6 Å². The molecule has 0 aliphatic carbocycles. The second-order valence-electron chi connectivity index (χ2n) is 5.89. The predicted octanol–water partition coefficient (Wildman–Crippen LogP) is 5.66. The molecular formula is C20H17BCl4P. The van der Waals surface area contributed by atoms with E-state index in [4.69, 9.17) is 46.4 Å². The second-order valence-corrected chi connectivity index (χ2v) is 11.8. The van der Waals surface area contributed by atoms with Gasteiger partial charge in [0.15, 0.2) is 6.43 Å². The highest BCUT2D eigenvalue weighted by Gasteiger charge is 2.48. The highest BCUT2D eigenvalue weighted by molar-refractivity contribution is 8.20. The maximum Gasteiger partial charge on any atom is 0.163 e. The Kier molecular flexibility index (Phi) is 6.95. The van der Waals surface area contributed by atoms with Crippen LogP contribution in [0.15, 0.2) is 91.0 Å². The molecule has 0 atom stereocenters. The summed E-state index contributed by atoms with van der Waals surface area (Å²) in [7, 11) is -2.30. The zero-order chi connectivity index (χ0) is 18.6. The van der Waals surface area contributed by atoms with E-state index in [0.29, 0.717) is 0 Å². The van der Waals surface area contributed by atoms with Gasteiger partial charge in [-0.1, -0.05) is 61.7 Å². The Morgan fingerprint density at radius 2 is 0.769 bits per heavy atom. The van der Waals surface area contributed by atoms with Gasteiger partial charge < -0.3 is 0 Å². The molecule has 26 heavy (non-hydrogen) atoms. The minimum Gasteiger partial charge on any atom is -0.147 e. The topological polar surface area (TPSA) is 0 Å². The highest BCUT2D eigenvalue weighted by Crippen LogP contribution is 2.61. The van der Waals surface area contributed by atoms with E-state index in [0.717, 1.165) is 15.9 Å². The van der Waals surface area contributed by atoms with Crippen LogP contribution in [-0.4, -0.2) is 15.9 Å². The van der Waals surface area contributed by atoms with Gasteiger partial charge in [0, 0.05) is 9.47 Å². The van der Waals surface area contributed by atoms with Crippen LogP contribution in [-0.2, 0) is 0 Å². The normalized spacial score (nSPS) is 12.1. The van der Waals surface area contributed by atoms with Crippen molar-refractivity contribution in [2.24, 2.45) is 0 Å². The fourth-order valence-corrected chi connectivity index (χ4v) is 10.8. The molecule has 0 amide bonds. The van der Waals surface area contributed by atoms with Crippen LogP contribution in [0.4, 0.5) is 0 Å². The molecule has 0 fully saturated rings. The Morgan fingerprint density at radius 3 is 1.00 bits per heavy atom. The Morgan fingerprint density at radius 1 is 0.500 bits per heavy atom. The van der Waals surface area contributed by atoms with Crippen LogP contribution in [0.25, 0.3) is 0 Å². The number of rotatable bonds is 6. The predicted molar refractivity (Wildman–Crippen MR) is 122 cm³/mol. The summed E-state index contributed by atoms with van der Waals surface area (Å²) in [6, 6.07) is 30.9. The van der Waals surface area contributed by atoms with Crippen molar-refractivity contribution >= 4 is 75.9 Å². The summed E-state index contributed by atoms with van der Waals surface area (Å²) >= 11 is 26.0. The van der Waals surface area contributed by atoms with Gasteiger partial charge in [-0.05, 0) is 36.4 Å². The van der Waals surface area contributed by atoms with Crippen molar-refractivity contribution in [1.29, 1.82) is 0 Å². The van der Waals surface area contributed by atoms with Crippen LogP contribution in [0.1, 0.15) is 0 Å². The Labute approximate surface area is 175 Å². The number of hydrogen-bond acceptors (Lipinski definition) is 0. The molecule has 0 aliphatic rings. The van der Waals surface area contributed by atoms with E-state index >= 15 is 0 Å². The molecule has 3 aromatic carbocycles. The molecule has 6 heteroatoms. The lowest BCUT2D eigenvalue weighted by atomic mass is 9.82. The third kappa shape index (κ3) is 3.79. The maximum absolute atomic E-state index is 6.50. The summed E-state index contributed by atoms with van der Waals surface area (Å²) in [4.78, 5) is 0. The molecule has 0 bridgehead atoms. The van der Waals surface area contributed by atoms with Crippen molar-refractivity contribution in [3.63, 3.8) is 0 Å². The van der Waals surface area contributed by atoms with Gasteiger partial charge in [-0.2, -0.15) is 0 Å². The third-order valence-corrected chi connectivity index (χ3v) is 11.1. The molecule has 0 spiro atoms. The average Bonchev–Trinajstić information content (AvgIpc) is 2.67. The molecule has 0 saturated heterocycles. The van der Waals surface area contributed by atoms with Gasteiger partial charge in [0.05, 0.1) is 15.9 Å². The van der Waals surface area contributed by atoms with Crippen molar-refractivity contribution in [3.8, 4) is 0 Å². The molecular weight excluding hydrogens is 424 g/mol. The average molecular weight is 441 g/mol. The quantitative estimate of drug-likeness (QED) is 0.263. The summed E-state index contributed by atoms with van der Waals surface area (Å²) in [6.45, 7) is 0. The fraction of sp³-hybridized carbons (Fsp3) is 0.100. The first-order chi connectivity index (χ1) is 12.6. The van der Waals surface area contributed by atoms with Crippen molar-refractivity contribution in [3.05, 3.63) is 91.0 Å².